The monoisotopic (exact) mass is 290 g/mol. The van der Waals surface area contributed by atoms with Crippen molar-refractivity contribution >= 4 is 5.97 Å². The van der Waals surface area contributed by atoms with Crippen molar-refractivity contribution in [3.8, 4) is 0 Å². The van der Waals surface area contributed by atoms with Crippen LogP contribution in [0.25, 0.3) is 0 Å². The molecule has 0 saturated carbocycles. The summed E-state index contributed by atoms with van der Waals surface area (Å²) in [6, 6.07) is 3.02. The topological polar surface area (TPSA) is 42.4 Å². The van der Waals surface area contributed by atoms with Gasteiger partial charge < -0.3 is 4.74 Å². The lowest BCUT2D eigenvalue weighted by Gasteiger charge is -2.22. The summed E-state index contributed by atoms with van der Waals surface area (Å²) in [5.41, 5.74) is 0.754. The summed E-state index contributed by atoms with van der Waals surface area (Å²) in [6.45, 7) is 1.27. The van der Waals surface area contributed by atoms with Crippen LogP contribution in [0, 0.1) is 0 Å². The molecule has 1 rings (SSSR count). The van der Waals surface area contributed by atoms with Crippen LogP contribution in [0.2, 0.25) is 0 Å². The van der Waals surface area contributed by atoms with Gasteiger partial charge in [-0.1, -0.05) is 6.92 Å². The van der Waals surface area contributed by atoms with Gasteiger partial charge in [-0.25, -0.2) is 4.79 Å². The Morgan fingerprint density at radius 3 is 2.55 bits per heavy atom. The molecule has 1 heterocycles. The lowest BCUT2D eigenvalue weighted by atomic mass is 10.2. The molecular formula is C13H17F3N2O2. The summed E-state index contributed by atoms with van der Waals surface area (Å²) >= 11 is 0. The van der Waals surface area contributed by atoms with Crippen LogP contribution in [0.3, 0.4) is 0 Å². The van der Waals surface area contributed by atoms with E-state index in [4.69, 9.17) is 0 Å². The van der Waals surface area contributed by atoms with Crippen molar-refractivity contribution in [2.24, 2.45) is 0 Å². The fourth-order valence-electron chi connectivity index (χ4n) is 1.77. The Hall–Kier alpha value is -1.63. The molecule has 0 N–H and O–H groups in total. The van der Waals surface area contributed by atoms with Crippen molar-refractivity contribution in [2.45, 2.75) is 26.1 Å². The lowest BCUT2D eigenvalue weighted by molar-refractivity contribution is -0.147. The maximum absolute atomic E-state index is 12.4. The molecule has 1 aromatic rings. The second-order valence-electron chi connectivity index (χ2n) is 4.36. The first-order chi connectivity index (χ1) is 9.35. The zero-order valence-corrected chi connectivity index (χ0v) is 11.4. The number of halogens is 3. The van der Waals surface area contributed by atoms with Gasteiger partial charge >= 0.3 is 12.1 Å². The highest BCUT2D eigenvalue weighted by Gasteiger charge is 2.30. The number of hydrogen-bond acceptors (Lipinski definition) is 4. The molecule has 0 bridgehead atoms. The Kier molecular flexibility index (Phi) is 5.94. The second-order valence-corrected chi connectivity index (χ2v) is 4.36. The van der Waals surface area contributed by atoms with Crippen molar-refractivity contribution in [1.82, 2.24) is 9.88 Å². The van der Waals surface area contributed by atoms with E-state index in [-0.39, 0.29) is 12.1 Å². The van der Waals surface area contributed by atoms with Crippen LogP contribution in [0.15, 0.2) is 18.3 Å². The number of pyridine rings is 1. The quantitative estimate of drug-likeness (QED) is 0.755. The molecule has 4 nitrogen and oxygen atoms in total. The van der Waals surface area contributed by atoms with Crippen molar-refractivity contribution < 1.29 is 22.7 Å². The van der Waals surface area contributed by atoms with Gasteiger partial charge in [0.25, 0.3) is 0 Å². The Bertz CT molecular complexity index is 432. The number of esters is 1. The van der Waals surface area contributed by atoms with E-state index in [9.17, 15) is 18.0 Å². The molecule has 0 aromatic carbocycles. The van der Waals surface area contributed by atoms with Gasteiger partial charge in [0, 0.05) is 12.7 Å². The fourth-order valence-corrected chi connectivity index (χ4v) is 1.77. The smallest absolute Gasteiger partial charge is 0.401 e. The predicted octanol–water partition coefficient (Wildman–Crippen LogP) is 2.64. The van der Waals surface area contributed by atoms with Gasteiger partial charge in [0.15, 0.2) is 0 Å². The van der Waals surface area contributed by atoms with Crippen LogP contribution in [-0.2, 0) is 11.3 Å². The number of nitrogens with zero attached hydrogens (tertiary/aromatic N) is 2. The van der Waals surface area contributed by atoms with E-state index in [2.05, 4.69) is 9.72 Å². The van der Waals surface area contributed by atoms with E-state index < -0.39 is 18.7 Å². The highest BCUT2D eigenvalue weighted by Crippen LogP contribution is 2.18. The highest BCUT2D eigenvalue weighted by molar-refractivity contribution is 5.88. The van der Waals surface area contributed by atoms with Gasteiger partial charge in [-0.2, -0.15) is 13.2 Å². The molecule has 0 spiro atoms. The molecule has 0 unspecified atom stereocenters. The lowest BCUT2D eigenvalue weighted by Crippen LogP contribution is -2.34. The largest absolute Gasteiger partial charge is 0.465 e. The number of carbonyl (C=O) groups excluding carboxylic acids is 1. The molecule has 0 saturated heterocycles. The molecule has 0 aliphatic heterocycles. The minimum absolute atomic E-state index is 0.0921. The average molecular weight is 290 g/mol. The second kappa shape index (κ2) is 7.23. The minimum atomic E-state index is -4.23. The first-order valence-electron chi connectivity index (χ1n) is 6.18. The predicted molar refractivity (Wildman–Crippen MR) is 67.2 cm³/mol. The van der Waals surface area contributed by atoms with E-state index >= 15 is 0 Å². The van der Waals surface area contributed by atoms with Gasteiger partial charge in [0.2, 0.25) is 0 Å². The molecule has 0 fully saturated rings. The normalized spacial score (nSPS) is 11.7. The standard InChI is InChI=1S/C13H17F3N2O2/c1-3-6-18(9-13(14,15)16)8-11-5-4-10(7-17-11)12(19)20-2/h4-5,7H,3,6,8-9H2,1-2H3. The number of hydrogen-bond donors (Lipinski definition) is 0. The molecule has 0 radical (unpaired) electrons. The zero-order chi connectivity index (χ0) is 15.2. The molecule has 1 aromatic heterocycles. The number of methoxy groups -OCH3 is 1. The van der Waals surface area contributed by atoms with E-state index in [0.29, 0.717) is 18.7 Å². The number of ether oxygens (including phenoxy) is 1. The van der Waals surface area contributed by atoms with Crippen LogP contribution in [0.4, 0.5) is 13.2 Å². The van der Waals surface area contributed by atoms with Crippen LogP contribution in [-0.4, -0.2) is 42.2 Å². The number of alkyl halides is 3. The minimum Gasteiger partial charge on any atom is -0.465 e. The van der Waals surface area contributed by atoms with Gasteiger partial charge in [0.05, 0.1) is 24.9 Å². The number of carbonyl (C=O) groups is 1. The van der Waals surface area contributed by atoms with E-state index in [1.807, 2.05) is 6.92 Å². The van der Waals surface area contributed by atoms with E-state index in [0.717, 1.165) is 0 Å². The van der Waals surface area contributed by atoms with Crippen LogP contribution < -0.4 is 0 Å². The molecule has 0 aliphatic rings. The molecule has 112 valence electrons. The van der Waals surface area contributed by atoms with Crippen LogP contribution >= 0.6 is 0 Å². The summed E-state index contributed by atoms with van der Waals surface area (Å²) < 4.78 is 41.8. The van der Waals surface area contributed by atoms with Crippen LogP contribution in [0.1, 0.15) is 29.4 Å². The van der Waals surface area contributed by atoms with E-state index in [1.165, 1.54) is 30.3 Å². The van der Waals surface area contributed by atoms with Crippen molar-refractivity contribution in [1.29, 1.82) is 0 Å². The van der Waals surface area contributed by atoms with Crippen molar-refractivity contribution in [3.63, 3.8) is 0 Å². The third kappa shape index (κ3) is 5.56. The SMILES string of the molecule is CCCN(Cc1ccc(C(=O)OC)cn1)CC(F)(F)F. The molecule has 0 aliphatic carbocycles. The molecular weight excluding hydrogens is 273 g/mol. The summed E-state index contributed by atoms with van der Waals surface area (Å²) in [7, 11) is 1.25. The Morgan fingerprint density at radius 2 is 2.10 bits per heavy atom. The van der Waals surface area contributed by atoms with Crippen molar-refractivity contribution in [2.75, 3.05) is 20.2 Å². The summed E-state index contributed by atoms with van der Waals surface area (Å²) in [5.74, 6) is -0.523. The van der Waals surface area contributed by atoms with Gasteiger partial charge in [-0.15, -0.1) is 0 Å². The first-order valence-corrected chi connectivity index (χ1v) is 6.18. The fraction of sp³-hybridized carbons (Fsp3) is 0.538. The van der Waals surface area contributed by atoms with Gasteiger partial charge in [-0.3, -0.25) is 9.88 Å². The summed E-state index contributed by atoms with van der Waals surface area (Å²) in [5, 5.41) is 0. The molecule has 7 heteroatoms. The Morgan fingerprint density at radius 1 is 1.40 bits per heavy atom. The molecule has 20 heavy (non-hydrogen) atoms. The molecule has 0 atom stereocenters. The third-order valence-corrected chi connectivity index (χ3v) is 2.57. The maximum atomic E-state index is 12.4. The van der Waals surface area contributed by atoms with E-state index in [1.54, 1.807) is 0 Å². The zero-order valence-electron chi connectivity index (χ0n) is 11.4. The summed E-state index contributed by atoms with van der Waals surface area (Å²) in [4.78, 5) is 16.5. The number of rotatable bonds is 6. The van der Waals surface area contributed by atoms with Gasteiger partial charge in [-0.05, 0) is 25.1 Å². The average Bonchev–Trinajstić information content (AvgIpc) is 2.37. The third-order valence-electron chi connectivity index (χ3n) is 2.57. The molecule has 0 amide bonds. The maximum Gasteiger partial charge on any atom is 0.401 e. The Labute approximate surface area is 115 Å². The van der Waals surface area contributed by atoms with Gasteiger partial charge in [0.1, 0.15) is 0 Å². The van der Waals surface area contributed by atoms with Crippen LogP contribution in [0.5, 0.6) is 0 Å². The summed E-state index contributed by atoms with van der Waals surface area (Å²) in [6.07, 6.45) is -2.31. The number of aromatic nitrogens is 1. The Balaban J connectivity index is 2.71. The van der Waals surface area contributed by atoms with Crippen molar-refractivity contribution in [3.05, 3.63) is 29.6 Å². The highest BCUT2D eigenvalue weighted by atomic mass is 19.4. The first kappa shape index (κ1) is 16.4.